The summed E-state index contributed by atoms with van der Waals surface area (Å²) in [7, 11) is 0. The second kappa shape index (κ2) is 5.21. The topological polar surface area (TPSA) is 153 Å². The molecule has 17 heavy (non-hydrogen) atoms. The van der Waals surface area contributed by atoms with Gasteiger partial charge in [0, 0.05) is 0 Å². The van der Waals surface area contributed by atoms with Gasteiger partial charge in [0.15, 0.2) is 11.4 Å². The van der Waals surface area contributed by atoms with Crippen molar-refractivity contribution in [1.29, 1.82) is 0 Å². The summed E-state index contributed by atoms with van der Waals surface area (Å²) in [6, 6.07) is -0.642. The fraction of sp³-hybridized carbons (Fsp3) is 0.571. The lowest BCUT2D eigenvalue weighted by atomic mass is 10.1. The summed E-state index contributed by atoms with van der Waals surface area (Å²) < 4.78 is 0. The molecule has 0 aromatic carbocycles. The summed E-state index contributed by atoms with van der Waals surface area (Å²) in [6.07, 6.45) is 0. The third kappa shape index (κ3) is 4.03. The summed E-state index contributed by atoms with van der Waals surface area (Å²) in [5.74, 6) is -1.14. The van der Waals surface area contributed by atoms with Gasteiger partial charge in [-0.25, -0.2) is 9.59 Å². The number of carbonyl (C=O) groups is 2. The number of aromatic nitrogens is 4. The Hall–Kier alpha value is -2.23. The number of aliphatic carboxylic acids is 1. The minimum Gasteiger partial charge on any atom is -0.479 e. The predicted octanol–water partition coefficient (Wildman–Crippen LogP) is -2.17. The molecule has 0 aliphatic rings. The van der Waals surface area contributed by atoms with E-state index in [0.29, 0.717) is 0 Å². The van der Waals surface area contributed by atoms with Gasteiger partial charge in [0.1, 0.15) is 0 Å². The standard InChI is InChI=1S/C7H12N6O4/c1-7(17,5(14)15)3-9-6(16)8-2-4-10-12-13-11-4/h17H,2-3H2,1H3,(H,14,15)(H2,8,9,16)(H,10,11,12,13). The van der Waals surface area contributed by atoms with Gasteiger partial charge in [-0.1, -0.05) is 5.21 Å². The largest absolute Gasteiger partial charge is 0.479 e. The lowest BCUT2D eigenvalue weighted by molar-refractivity contribution is -0.155. The second-order valence-electron chi connectivity index (χ2n) is 3.44. The van der Waals surface area contributed by atoms with E-state index in [0.717, 1.165) is 6.92 Å². The average molecular weight is 244 g/mol. The third-order valence-electron chi connectivity index (χ3n) is 1.85. The predicted molar refractivity (Wildman–Crippen MR) is 52.7 cm³/mol. The minimum atomic E-state index is -2.01. The van der Waals surface area contributed by atoms with Crippen LogP contribution in [-0.4, -0.2) is 55.0 Å². The fourth-order valence-electron chi connectivity index (χ4n) is 0.807. The third-order valence-corrected chi connectivity index (χ3v) is 1.85. The van der Waals surface area contributed by atoms with E-state index in [2.05, 4.69) is 31.3 Å². The number of nitrogens with zero attached hydrogens (tertiary/aromatic N) is 3. The Morgan fingerprint density at radius 2 is 2.18 bits per heavy atom. The zero-order valence-corrected chi connectivity index (χ0v) is 8.97. The molecule has 1 aromatic rings. The van der Waals surface area contributed by atoms with Crippen molar-refractivity contribution in [3.63, 3.8) is 0 Å². The average Bonchev–Trinajstić information content (AvgIpc) is 2.76. The first kappa shape index (κ1) is 12.8. The number of amides is 2. The SMILES string of the molecule is CC(O)(CNC(=O)NCc1nn[nH]n1)C(=O)O. The van der Waals surface area contributed by atoms with Crippen LogP contribution in [0, 0.1) is 0 Å². The smallest absolute Gasteiger partial charge is 0.337 e. The van der Waals surface area contributed by atoms with Gasteiger partial charge in [-0.15, -0.1) is 10.2 Å². The van der Waals surface area contributed by atoms with Crippen LogP contribution in [0.3, 0.4) is 0 Å². The number of hydrogen-bond acceptors (Lipinski definition) is 6. The molecule has 1 heterocycles. The first-order valence-electron chi connectivity index (χ1n) is 4.61. The molecule has 0 radical (unpaired) electrons. The van der Waals surface area contributed by atoms with Gasteiger partial charge in [-0.05, 0) is 6.92 Å². The maximum Gasteiger partial charge on any atom is 0.337 e. The molecule has 0 spiro atoms. The number of carboxylic acid groups (broad SMARTS) is 1. The van der Waals surface area contributed by atoms with E-state index in [-0.39, 0.29) is 12.4 Å². The van der Waals surface area contributed by atoms with E-state index in [4.69, 9.17) is 5.11 Å². The number of H-pyrrole nitrogens is 1. The van der Waals surface area contributed by atoms with Gasteiger partial charge in [0.25, 0.3) is 0 Å². The quantitative estimate of drug-likeness (QED) is 0.395. The Morgan fingerprint density at radius 1 is 1.47 bits per heavy atom. The number of aromatic amines is 1. The molecule has 0 bridgehead atoms. The van der Waals surface area contributed by atoms with Crippen molar-refractivity contribution in [3.05, 3.63) is 5.82 Å². The lowest BCUT2D eigenvalue weighted by Crippen LogP contribution is -2.49. The molecule has 0 saturated carbocycles. The number of hydrogen-bond donors (Lipinski definition) is 5. The van der Waals surface area contributed by atoms with Crippen LogP contribution in [0.15, 0.2) is 0 Å². The van der Waals surface area contributed by atoms with Crippen molar-refractivity contribution in [2.24, 2.45) is 0 Å². The minimum absolute atomic E-state index is 0.0392. The van der Waals surface area contributed by atoms with Crippen LogP contribution in [0.4, 0.5) is 4.79 Å². The molecular weight excluding hydrogens is 232 g/mol. The van der Waals surface area contributed by atoms with Crippen molar-refractivity contribution in [1.82, 2.24) is 31.3 Å². The summed E-state index contributed by atoms with van der Waals surface area (Å²) in [5, 5.41) is 35.1. The highest BCUT2D eigenvalue weighted by Gasteiger charge is 2.30. The van der Waals surface area contributed by atoms with Gasteiger partial charge in [-0.3, -0.25) is 0 Å². The number of tetrazole rings is 1. The molecule has 1 unspecified atom stereocenters. The second-order valence-corrected chi connectivity index (χ2v) is 3.44. The van der Waals surface area contributed by atoms with Crippen molar-refractivity contribution in [2.75, 3.05) is 6.54 Å². The molecule has 0 fully saturated rings. The van der Waals surface area contributed by atoms with Gasteiger partial charge >= 0.3 is 12.0 Å². The summed E-state index contributed by atoms with van der Waals surface area (Å²) in [4.78, 5) is 21.7. The maximum absolute atomic E-state index is 11.2. The van der Waals surface area contributed by atoms with Crippen LogP contribution in [0.25, 0.3) is 0 Å². The van der Waals surface area contributed by atoms with Crippen molar-refractivity contribution in [2.45, 2.75) is 19.1 Å². The molecule has 1 rings (SSSR count). The Kier molecular flexibility index (Phi) is 3.93. The molecule has 1 atom stereocenters. The monoisotopic (exact) mass is 244 g/mol. The number of carboxylic acids is 1. The number of nitrogens with one attached hydrogen (secondary N) is 3. The normalized spacial score (nSPS) is 13.8. The van der Waals surface area contributed by atoms with E-state index >= 15 is 0 Å². The highest BCUT2D eigenvalue weighted by Crippen LogP contribution is 2.00. The lowest BCUT2D eigenvalue weighted by Gasteiger charge is -2.18. The Bertz CT molecular complexity index is 389. The van der Waals surface area contributed by atoms with Gasteiger partial charge in [0.05, 0.1) is 13.1 Å². The van der Waals surface area contributed by atoms with Crippen LogP contribution < -0.4 is 10.6 Å². The molecule has 10 nitrogen and oxygen atoms in total. The van der Waals surface area contributed by atoms with Gasteiger partial charge in [-0.2, -0.15) is 5.21 Å². The van der Waals surface area contributed by atoms with E-state index in [1.54, 1.807) is 0 Å². The van der Waals surface area contributed by atoms with E-state index in [1.165, 1.54) is 0 Å². The maximum atomic E-state index is 11.2. The first-order chi connectivity index (χ1) is 7.92. The van der Waals surface area contributed by atoms with Crippen LogP contribution in [0.5, 0.6) is 0 Å². The Labute approximate surface area is 95.4 Å². The van der Waals surface area contributed by atoms with Crippen LogP contribution in [-0.2, 0) is 11.3 Å². The summed E-state index contributed by atoms with van der Waals surface area (Å²) in [6.45, 7) is 0.701. The summed E-state index contributed by atoms with van der Waals surface area (Å²) in [5.41, 5.74) is -2.01. The Balaban J connectivity index is 2.28. The highest BCUT2D eigenvalue weighted by molar-refractivity contribution is 5.79. The molecule has 2 amide bonds. The van der Waals surface area contributed by atoms with Crippen LogP contribution >= 0.6 is 0 Å². The molecule has 0 aliphatic heterocycles. The zero-order valence-electron chi connectivity index (χ0n) is 8.97. The van der Waals surface area contributed by atoms with Crippen LogP contribution in [0.2, 0.25) is 0 Å². The van der Waals surface area contributed by atoms with Crippen LogP contribution in [0.1, 0.15) is 12.7 Å². The van der Waals surface area contributed by atoms with Crippen molar-refractivity contribution < 1.29 is 19.8 Å². The molecule has 0 saturated heterocycles. The molecule has 5 N–H and O–H groups in total. The van der Waals surface area contributed by atoms with E-state index < -0.39 is 24.1 Å². The molecule has 0 aliphatic carbocycles. The highest BCUT2D eigenvalue weighted by atomic mass is 16.4. The van der Waals surface area contributed by atoms with E-state index in [1.807, 2.05) is 0 Å². The van der Waals surface area contributed by atoms with E-state index in [9.17, 15) is 14.7 Å². The van der Waals surface area contributed by atoms with Gasteiger partial charge < -0.3 is 20.8 Å². The number of aliphatic hydroxyl groups is 1. The molecule has 10 heteroatoms. The van der Waals surface area contributed by atoms with Gasteiger partial charge in [0.2, 0.25) is 0 Å². The first-order valence-corrected chi connectivity index (χ1v) is 4.61. The molecular formula is C7H12N6O4. The molecule has 94 valence electrons. The van der Waals surface area contributed by atoms with Crippen molar-refractivity contribution >= 4 is 12.0 Å². The number of urea groups is 1. The number of rotatable bonds is 5. The fourth-order valence-corrected chi connectivity index (χ4v) is 0.807. The molecule has 1 aromatic heterocycles. The van der Waals surface area contributed by atoms with Crippen molar-refractivity contribution in [3.8, 4) is 0 Å². The summed E-state index contributed by atoms with van der Waals surface area (Å²) >= 11 is 0. The zero-order chi connectivity index (χ0) is 12.9. The Morgan fingerprint density at radius 3 is 2.71 bits per heavy atom. The number of carbonyl (C=O) groups excluding carboxylic acids is 1.